The van der Waals surface area contributed by atoms with Crippen LogP contribution in [0.15, 0.2) is 24.3 Å². The second kappa shape index (κ2) is 5.23. The molecule has 3 heterocycles. The van der Waals surface area contributed by atoms with Gasteiger partial charge in [-0.3, -0.25) is 4.79 Å². The van der Waals surface area contributed by atoms with Gasteiger partial charge >= 0.3 is 11.9 Å². The summed E-state index contributed by atoms with van der Waals surface area (Å²) in [5.74, 6) is -0.861. The maximum Gasteiger partial charge on any atom is 0.334 e. The minimum Gasteiger partial charge on any atom is -0.459 e. The highest BCUT2D eigenvalue weighted by molar-refractivity contribution is 5.90. The number of hydrogen-bond acceptors (Lipinski definition) is 5. The Hall–Kier alpha value is -1.62. The summed E-state index contributed by atoms with van der Waals surface area (Å²) in [5.41, 5.74) is 0.834. The lowest BCUT2D eigenvalue weighted by atomic mass is 9.81. The minimum absolute atomic E-state index is 0.0747. The van der Waals surface area contributed by atoms with Crippen LogP contribution in [0.2, 0.25) is 0 Å². The standard InChI is InChI=1S/C17H22O5/c1-9-7-14-12(10(2)16(19)21-14)8-15(20-11(3)18)17(4)6-5-13(9)22-17/h12-15H,1-2,5-8H2,3-4H3/t12-,13-,14+,15-,17-/m1/s1. The van der Waals surface area contributed by atoms with E-state index in [4.69, 9.17) is 14.2 Å². The molecule has 0 spiro atoms. The van der Waals surface area contributed by atoms with E-state index in [-0.39, 0.29) is 30.1 Å². The van der Waals surface area contributed by atoms with E-state index in [1.807, 2.05) is 6.92 Å². The summed E-state index contributed by atoms with van der Waals surface area (Å²) in [6.45, 7) is 11.3. The first-order valence-electron chi connectivity index (χ1n) is 7.72. The van der Waals surface area contributed by atoms with Gasteiger partial charge in [0.15, 0.2) is 0 Å². The van der Waals surface area contributed by atoms with Crippen LogP contribution in [0.5, 0.6) is 0 Å². The Kier molecular flexibility index (Phi) is 3.63. The molecule has 0 aromatic rings. The molecule has 0 amide bonds. The second-order valence-electron chi connectivity index (χ2n) is 6.73. The van der Waals surface area contributed by atoms with Crippen LogP contribution < -0.4 is 0 Å². The van der Waals surface area contributed by atoms with Gasteiger partial charge in [-0.2, -0.15) is 0 Å². The van der Waals surface area contributed by atoms with Gasteiger partial charge in [-0.1, -0.05) is 13.2 Å². The molecule has 0 saturated carbocycles. The molecule has 5 heteroatoms. The number of carbonyl (C=O) groups excluding carboxylic acids is 2. The van der Waals surface area contributed by atoms with Crippen molar-refractivity contribution in [1.29, 1.82) is 0 Å². The van der Waals surface area contributed by atoms with E-state index in [2.05, 4.69) is 13.2 Å². The Bertz CT molecular complexity index is 551. The molecule has 0 unspecified atom stereocenters. The zero-order valence-electron chi connectivity index (χ0n) is 13.1. The largest absolute Gasteiger partial charge is 0.459 e. The van der Waals surface area contributed by atoms with Gasteiger partial charge in [0.2, 0.25) is 0 Å². The molecule has 0 aromatic heterocycles. The molecule has 3 aliphatic rings. The molecule has 22 heavy (non-hydrogen) atoms. The Morgan fingerprint density at radius 1 is 1.41 bits per heavy atom. The van der Waals surface area contributed by atoms with Crippen molar-refractivity contribution in [1.82, 2.24) is 0 Å². The summed E-state index contributed by atoms with van der Waals surface area (Å²) in [6, 6.07) is 0. The fourth-order valence-corrected chi connectivity index (χ4v) is 3.78. The van der Waals surface area contributed by atoms with Gasteiger partial charge in [0.25, 0.3) is 0 Å². The van der Waals surface area contributed by atoms with Gasteiger partial charge in [0, 0.05) is 24.8 Å². The summed E-state index contributed by atoms with van der Waals surface area (Å²) in [4.78, 5) is 23.4. The van der Waals surface area contributed by atoms with Crippen molar-refractivity contribution in [2.24, 2.45) is 5.92 Å². The first kappa shape index (κ1) is 15.3. The molecule has 3 aliphatic heterocycles. The van der Waals surface area contributed by atoms with Crippen LogP contribution in [-0.2, 0) is 23.8 Å². The van der Waals surface area contributed by atoms with Gasteiger partial charge in [-0.05, 0) is 31.8 Å². The van der Waals surface area contributed by atoms with Gasteiger partial charge in [0.1, 0.15) is 17.8 Å². The van der Waals surface area contributed by atoms with Crippen LogP contribution in [0.25, 0.3) is 0 Å². The van der Waals surface area contributed by atoms with Gasteiger partial charge < -0.3 is 14.2 Å². The lowest BCUT2D eigenvalue weighted by molar-refractivity contribution is -0.167. The molecule has 5 nitrogen and oxygen atoms in total. The SMILES string of the molecule is C=C1C(=O)O[C@H]2CC(=C)[C@H]3CC[C@@](C)(O3)[C@H](OC(C)=O)C[C@H]12. The molecule has 3 saturated heterocycles. The third kappa shape index (κ3) is 2.47. The Morgan fingerprint density at radius 2 is 2.14 bits per heavy atom. The van der Waals surface area contributed by atoms with Crippen molar-refractivity contribution >= 4 is 11.9 Å². The van der Waals surface area contributed by atoms with E-state index in [1.165, 1.54) is 6.92 Å². The van der Waals surface area contributed by atoms with E-state index < -0.39 is 11.7 Å². The Balaban J connectivity index is 1.95. The van der Waals surface area contributed by atoms with E-state index in [9.17, 15) is 9.59 Å². The summed E-state index contributed by atoms with van der Waals surface area (Å²) < 4.78 is 17.2. The topological polar surface area (TPSA) is 61.8 Å². The molecule has 120 valence electrons. The van der Waals surface area contributed by atoms with E-state index in [1.54, 1.807) is 0 Å². The molecule has 2 bridgehead atoms. The van der Waals surface area contributed by atoms with Gasteiger partial charge in [-0.15, -0.1) is 0 Å². The van der Waals surface area contributed by atoms with Crippen molar-refractivity contribution in [2.45, 2.75) is 63.4 Å². The third-order valence-electron chi connectivity index (χ3n) is 5.11. The maximum atomic E-state index is 11.9. The molecular formula is C17H22O5. The van der Waals surface area contributed by atoms with Gasteiger partial charge in [-0.25, -0.2) is 4.79 Å². The highest BCUT2D eigenvalue weighted by Gasteiger charge is 2.51. The molecule has 0 radical (unpaired) electrons. The lowest BCUT2D eigenvalue weighted by Crippen LogP contribution is -2.43. The summed E-state index contributed by atoms with van der Waals surface area (Å²) >= 11 is 0. The highest BCUT2D eigenvalue weighted by atomic mass is 16.6. The highest BCUT2D eigenvalue weighted by Crippen LogP contribution is 2.45. The van der Waals surface area contributed by atoms with E-state index in [0.717, 1.165) is 18.4 Å². The minimum atomic E-state index is -0.555. The monoisotopic (exact) mass is 306 g/mol. The molecule has 0 aromatic carbocycles. The summed E-state index contributed by atoms with van der Waals surface area (Å²) in [6.07, 6.45) is 1.94. The Labute approximate surface area is 130 Å². The zero-order chi connectivity index (χ0) is 16.1. The average Bonchev–Trinajstić information content (AvgIpc) is 2.95. The predicted octanol–water partition coefficient (Wildman–Crippen LogP) is 2.30. The van der Waals surface area contributed by atoms with E-state index in [0.29, 0.717) is 18.4 Å². The third-order valence-corrected chi connectivity index (χ3v) is 5.11. The summed E-state index contributed by atoms with van der Waals surface area (Å²) in [7, 11) is 0. The predicted molar refractivity (Wildman–Crippen MR) is 79.0 cm³/mol. The quantitative estimate of drug-likeness (QED) is 0.422. The maximum absolute atomic E-state index is 11.9. The van der Waals surface area contributed by atoms with Crippen molar-refractivity contribution in [2.75, 3.05) is 0 Å². The fraction of sp³-hybridized carbons (Fsp3) is 0.647. The smallest absolute Gasteiger partial charge is 0.334 e. The number of hydrogen-bond donors (Lipinski definition) is 0. The lowest BCUT2D eigenvalue weighted by Gasteiger charge is -2.34. The van der Waals surface area contributed by atoms with Crippen molar-refractivity contribution < 1.29 is 23.8 Å². The fourth-order valence-electron chi connectivity index (χ4n) is 3.78. The van der Waals surface area contributed by atoms with Crippen LogP contribution in [0.4, 0.5) is 0 Å². The molecule has 5 atom stereocenters. The van der Waals surface area contributed by atoms with Crippen LogP contribution in [-0.4, -0.2) is 35.9 Å². The first-order valence-corrected chi connectivity index (χ1v) is 7.72. The second-order valence-corrected chi connectivity index (χ2v) is 6.73. The summed E-state index contributed by atoms with van der Waals surface area (Å²) in [5, 5.41) is 0. The van der Waals surface area contributed by atoms with Crippen molar-refractivity contribution in [3.05, 3.63) is 24.3 Å². The number of esters is 2. The number of fused-ring (bicyclic) bond motifs is 3. The molecule has 3 fully saturated rings. The number of rotatable bonds is 1. The Morgan fingerprint density at radius 3 is 2.82 bits per heavy atom. The molecule has 0 aliphatic carbocycles. The molecular weight excluding hydrogens is 284 g/mol. The van der Waals surface area contributed by atoms with Crippen molar-refractivity contribution in [3.8, 4) is 0 Å². The van der Waals surface area contributed by atoms with E-state index >= 15 is 0 Å². The zero-order valence-corrected chi connectivity index (χ0v) is 13.1. The number of ether oxygens (including phenoxy) is 3. The first-order chi connectivity index (χ1) is 10.3. The van der Waals surface area contributed by atoms with Crippen LogP contribution >= 0.6 is 0 Å². The van der Waals surface area contributed by atoms with Crippen LogP contribution in [0, 0.1) is 5.92 Å². The number of carbonyl (C=O) groups is 2. The average molecular weight is 306 g/mol. The van der Waals surface area contributed by atoms with Crippen LogP contribution in [0.3, 0.4) is 0 Å². The van der Waals surface area contributed by atoms with Gasteiger partial charge in [0.05, 0.1) is 6.10 Å². The normalized spacial score (nSPS) is 41.3. The molecule has 0 N–H and O–H groups in total. The molecule has 3 rings (SSSR count). The van der Waals surface area contributed by atoms with Crippen LogP contribution in [0.1, 0.15) is 39.5 Å². The van der Waals surface area contributed by atoms with Crippen molar-refractivity contribution in [3.63, 3.8) is 0 Å².